The highest BCUT2D eigenvalue weighted by Crippen LogP contribution is 2.25. The first-order valence-electron chi connectivity index (χ1n) is 6.48. The van der Waals surface area contributed by atoms with Crippen molar-refractivity contribution in [1.82, 2.24) is 15.5 Å². The van der Waals surface area contributed by atoms with Crippen LogP contribution < -0.4 is 10.6 Å². The minimum atomic E-state index is -0.451. The third-order valence-electron chi connectivity index (χ3n) is 2.30. The zero-order valence-corrected chi connectivity index (χ0v) is 14.1. The number of nitrogens with one attached hydrogen (secondary N) is 2. The third kappa shape index (κ3) is 6.72. The van der Waals surface area contributed by atoms with Crippen molar-refractivity contribution in [3.05, 3.63) is 12.7 Å². The quantitative estimate of drug-likeness (QED) is 0.456. The van der Waals surface area contributed by atoms with Crippen molar-refractivity contribution < 1.29 is 9.59 Å². The maximum atomic E-state index is 11.7. The lowest BCUT2D eigenvalue weighted by molar-refractivity contribution is -0.128. The number of rotatable bonds is 7. The van der Waals surface area contributed by atoms with Gasteiger partial charge in [0, 0.05) is 24.1 Å². The summed E-state index contributed by atoms with van der Waals surface area (Å²) in [4.78, 5) is 23.4. The van der Waals surface area contributed by atoms with Crippen LogP contribution in [-0.4, -0.2) is 34.3 Å². The van der Waals surface area contributed by atoms with Gasteiger partial charge in [0.2, 0.25) is 16.9 Å². The maximum absolute atomic E-state index is 11.7. The molecule has 21 heavy (non-hydrogen) atoms. The van der Waals surface area contributed by atoms with Crippen LogP contribution in [0, 0.1) is 5.41 Å². The molecule has 0 aliphatic heterocycles. The van der Waals surface area contributed by atoms with Crippen molar-refractivity contribution >= 4 is 40.0 Å². The number of aromatic nitrogens is 2. The van der Waals surface area contributed by atoms with Crippen LogP contribution in [0.3, 0.4) is 0 Å². The highest BCUT2D eigenvalue weighted by molar-refractivity contribution is 8.01. The molecule has 2 N–H and O–H groups in total. The molecule has 0 unspecified atom stereocenters. The minimum Gasteiger partial charge on any atom is -0.355 e. The second-order valence-corrected chi connectivity index (χ2v) is 7.52. The number of nitrogens with zero attached hydrogens (tertiary/aromatic N) is 2. The number of carbonyl (C=O) groups excluding carboxylic acids is 2. The van der Waals surface area contributed by atoms with E-state index < -0.39 is 5.41 Å². The van der Waals surface area contributed by atoms with E-state index in [0.717, 1.165) is 10.1 Å². The van der Waals surface area contributed by atoms with Crippen molar-refractivity contribution in [3.8, 4) is 0 Å². The van der Waals surface area contributed by atoms with Crippen molar-refractivity contribution in [3.63, 3.8) is 0 Å². The van der Waals surface area contributed by atoms with Crippen LogP contribution in [0.15, 0.2) is 17.0 Å². The first-order valence-corrected chi connectivity index (χ1v) is 8.28. The Morgan fingerprint density at radius 3 is 2.71 bits per heavy atom. The fourth-order valence-electron chi connectivity index (χ4n) is 1.19. The number of hydrogen-bond donors (Lipinski definition) is 2. The summed E-state index contributed by atoms with van der Waals surface area (Å²) in [5, 5.41) is 13.7. The van der Waals surface area contributed by atoms with Gasteiger partial charge in [-0.05, 0) is 0 Å². The van der Waals surface area contributed by atoms with E-state index in [2.05, 4.69) is 27.4 Å². The number of amides is 2. The number of anilines is 1. The van der Waals surface area contributed by atoms with Crippen LogP contribution in [0.4, 0.5) is 5.13 Å². The van der Waals surface area contributed by atoms with Gasteiger partial charge in [0.25, 0.3) is 0 Å². The van der Waals surface area contributed by atoms with Crippen LogP contribution in [-0.2, 0) is 9.59 Å². The van der Waals surface area contributed by atoms with Crippen LogP contribution in [0.5, 0.6) is 0 Å². The Hall–Kier alpha value is -1.41. The summed E-state index contributed by atoms with van der Waals surface area (Å²) in [6.45, 7) is 9.41. The highest BCUT2D eigenvalue weighted by Gasteiger charge is 2.20. The molecular weight excluding hydrogens is 308 g/mol. The lowest BCUT2D eigenvalue weighted by Gasteiger charge is -2.17. The van der Waals surface area contributed by atoms with Gasteiger partial charge in [-0.15, -0.1) is 16.8 Å². The molecule has 1 aromatic heterocycles. The number of hydrogen-bond acceptors (Lipinski definition) is 6. The Bertz CT molecular complexity index is 509. The van der Waals surface area contributed by atoms with Gasteiger partial charge in [0.15, 0.2) is 4.34 Å². The molecule has 0 radical (unpaired) electrons. The summed E-state index contributed by atoms with van der Waals surface area (Å²) in [5.74, 6) is 0.483. The summed E-state index contributed by atoms with van der Waals surface area (Å²) >= 11 is 2.83. The monoisotopic (exact) mass is 328 g/mol. The first kappa shape index (κ1) is 17.6. The molecule has 0 saturated carbocycles. The zero-order valence-electron chi connectivity index (χ0n) is 12.4. The normalized spacial score (nSPS) is 11.0. The lowest BCUT2D eigenvalue weighted by atomic mass is 9.96. The molecular formula is C13H20N4O2S2. The molecule has 2 amide bonds. The van der Waals surface area contributed by atoms with E-state index in [1.165, 1.54) is 23.1 Å². The molecule has 0 aliphatic carbocycles. The van der Waals surface area contributed by atoms with E-state index in [-0.39, 0.29) is 18.2 Å². The van der Waals surface area contributed by atoms with Crippen molar-refractivity contribution in [2.24, 2.45) is 5.41 Å². The molecule has 6 nitrogen and oxygen atoms in total. The van der Waals surface area contributed by atoms with Gasteiger partial charge in [-0.2, -0.15) is 0 Å². The summed E-state index contributed by atoms with van der Waals surface area (Å²) in [6, 6.07) is 0. The van der Waals surface area contributed by atoms with Crippen molar-refractivity contribution in [2.45, 2.75) is 31.5 Å². The van der Waals surface area contributed by atoms with E-state index in [9.17, 15) is 9.59 Å². The average molecular weight is 328 g/mol. The van der Waals surface area contributed by atoms with Gasteiger partial charge in [0.1, 0.15) is 0 Å². The Labute approximate surface area is 132 Å². The van der Waals surface area contributed by atoms with Crippen LogP contribution >= 0.6 is 23.1 Å². The zero-order chi connectivity index (χ0) is 15.9. The van der Waals surface area contributed by atoms with E-state index in [1.807, 2.05) is 20.8 Å². The molecule has 116 valence electrons. The molecule has 0 spiro atoms. The SMILES string of the molecule is C=CCSc1nnc(NC(=O)CCNC(=O)C(C)(C)C)s1. The molecule has 1 aromatic rings. The molecule has 0 bridgehead atoms. The Balaban J connectivity index is 2.32. The topological polar surface area (TPSA) is 84.0 Å². The molecule has 8 heteroatoms. The molecule has 0 aromatic carbocycles. The molecule has 1 heterocycles. The van der Waals surface area contributed by atoms with Crippen LogP contribution in [0.25, 0.3) is 0 Å². The Morgan fingerprint density at radius 2 is 2.10 bits per heavy atom. The smallest absolute Gasteiger partial charge is 0.227 e. The summed E-state index contributed by atoms with van der Waals surface area (Å²) in [7, 11) is 0. The van der Waals surface area contributed by atoms with Gasteiger partial charge in [-0.25, -0.2) is 0 Å². The summed E-state index contributed by atoms with van der Waals surface area (Å²) in [5.41, 5.74) is -0.451. The second kappa shape index (κ2) is 8.14. The van der Waals surface area contributed by atoms with Gasteiger partial charge in [-0.3, -0.25) is 9.59 Å². The van der Waals surface area contributed by atoms with Crippen molar-refractivity contribution in [2.75, 3.05) is 17.6 Å². The second-order valence-electron chi connectivity index (χ2n) is 5.28. The third-order valence-corrected chi connectivity index (χ3v) is 4.26. The van der Waals surface area contributed by atoms with E-state index in [0.29, 0.717) is 11.7 Å². The van der Waals surface area contributed by atoms with Crippen molar-refractivity contribution in [1.29, 1.82) is 0 Å². The largest absolute Gasteiger partial charge is 0.355 e. The Morgan fingerprint density at radius 1 is 1.38 bits per heavy atom. The molecule has 1 rings (SSSR count). The predicted molar refractivity (Wildman–Crippen MR) is 86.5 cm³/mol. The Kier molecular flexibility index (Phi) is 6.83. The average Bonchev–Trinajstić information content (AvgIpc) is 2.82. The summed E-state index contributed by atoms with van der Waals surface area (Å²) in [6.07, 6.45) is 1.98. The molecule has 0 aliphatic rings. The molecule has 0 atom stereocenters. The first-order chi connectivity index (χ1) is 9.82. The minimum absolute atomic E-state index is 0.0747. The molecule has 0 fully saturated rings. The van der Waals surface area contributed by atoms with Crippen LogP contribution in [0.2, 0.25) is 0 Å². The van der Waals surface area contributed by atoms with Gasteiger partial charge >= 0.3 is 0 Å². The predicted octanol–water partition coefficient (Wildman–Crippen LogP) is 2.31. The van der Waals surface area contributed by atoms with Gasteiger partial charge in [-0.1, -0.05) is 49.9 Å². The van der Waals surface area contributed by atoms with Crippen LogP contribution in [0.1, 0.15) is 27.2 Å². The van der Waals surface area contributed by atoms with Gasteiger partial charge < -0.3 is 10.6 Å². The van der Waals surface area contributed by atoms with Gasteiger partial charge in [0.05, 0.1) is 0 Å². The standard InChI is InChI=1S/C13H20N4O2S2/c1-5-8-20-12-17-16-11(21-12)15-9(18)6-7-14-10(19)13(2,3)4/h5H,1,6-8H2,2-4H3,(H,14,19)(H,15,16,18). The fourth-order valence-corrected chi connectivity index (χ4v) is 2.71. The molecule has 0 saturated heterocycles. The fraction of sp³-hybridized carbons (Fsp3) is 0.538. The van der Waals surface area contributed by atoms with E-state index in [4.69, 9.17) is 0 Å². The number of carbonyl (C=O) groups is 2. The number of thioether (sulfide) groups is 1. The highest BCUT2D eigenvalue weighted by atomic mass is 32.2. The van der Waals surface area contributed by atoms with E-state index in [1.54, 1.807) is 6.08 Å². The maximum Gasteiger partial charge on any atom is 0.227 e. The lowest BCUT2D eigenvalue weighted by Crippen LogP contribution is -2.36. The summed E-state index contributed by atoms with van der Waals surface area (Å²) < 4.78 is 0.784. The van der Waals surface area contributed by atoms with E-state index >= 15 is 0 Å².